The van der Waals surface area contributed by atoms with Crippen LogP contribution in [0.5, 0.6) is 0 Å². The Morgan fingerprint density at radius 1 is 1.40 bits per heavy atom. The van der Waals surface area contributed by atoms with Gasteiger partial charge in [0.1, 0.15) is 5.82 Å². The van der Waals surface area contributed by atoms with Crippen LogP contribution >= 0.6 is 0 Å². The van der Waals surface area contributed by atoms with Gasteiger partial charge in [-0.3, -0.25) is 0 Å². The minimum absolute atomic E-state index is 0.237. The summed E-state index contributed by atoms with van der Waals surface area (Å²) in [4.78, 5) is 16.0. The number of alkyl halides is 3. The third kappa shape index (κ3) is 3.19. The van der Waals surface area contributed by atoms with Crippen molar-refractivity contribution in [2.24, 2.45) is 0 Å². The number of aliphatic hydroxyl groups excluding tert-OH is 1. The first-order valence-corrected chi connectivity index (χ1v) is 6.12. The summed E-state index contributed by atoms with van der Waals surface area (Å²) in [6.45, 7) is 5.54. The van der Waals surface area contributed by atoms with Gasteiger partial charge in [0, 0.05) is 6.20 Å². The molecule has 20 heavy (non-hydrogen) atoms. The van der Waals surface area contributed by atoms with E-state index in [-0.39, 0.29) is 5.82 Å². The van der Waals surface area contributed by atoms with Crippen LogP contribution in [0.4, 0.5) is 23.8 Å². The molecule has 0 bridgehead atoms. The Balaban J connectivity index is 0.000000956. The van der Waals surface area contributed by atoms with Gasteiger partial charge in [-0.05, 0) is 19.1 Å². The molecule has 2 rings (SSSR count). The van der Waals surface area contributed by atoms with Crippen LogP contribution in [0.3, 0.4) is 0 Å². The normalized spacial score (nSPS) is 22.1. The molecule has 1 fully saturated rings. The minimum Gasteiger partial charge on any atom is -0.371 e. The Bertz CT molecular complexity index is 479. The molecule has 2 atom stereocenters. The molecular formula is C12H16F3N3O2. The highest BCUT2D eigenvalue weighted by Crippen LogP contribution is 2.31. The maximum absolute atomic E-state index is 12.5. The fourth-order valence-electron chi connectivity index (χ4n) is 1.65. The Hall–Kier alpha value is -1.83. The van der Waals surface area contributed by atoms with Crippen molar-refractivity contribution in [1.29, 1.82) is 0 Å². The summed E-state index contributed by atoms with van der Waals surface area (Å²) in [7, 11) is 0. The van der Waals surface area contributed by atoms with Crippen molar-refractivity contribution < 1.29 is 23.1 Å². The largest absolute Gasteiger partial charge is 0.416 e. The lowest BCUT2D eigenvalue weighted by Crippen LogP contribution is -2.36. The highest BCUT2D eigenvalue weighted by molar-refractivity contribution is 5.94. The maximum atomic E-state index is 12.5. The number of hydrogen-bond acceptors (Lipinski definition) is 3. The molecule has 1 aromatic heterocycles. The van der Waals surface area contributed by atoms with E-state index in [4.69, 9.17) is 0 Å². The number of rotatable bonds is 1. The van der Waals surface area contributed by atoms with E-state index in [1.807, 2.05) is 13.8 Å². The van der Waals surface area contributed by atoms with Gasteiger partial charge < -0.3 is 10.4 Å². The summed E-state index contributed by atoms with van der Waals surface area (Å²) in [5.41, 5.74) is -0.924. The van der Waals surface area contributed by atoms with Crippen LogP contribution in [-0.4, -0.2) is 28.4 Å². The second kappa shape index (κ2) is 6.08. The summed E-state index contributed by atoms with van der Waals surface area (Å²) in [5, 5.41) is 12.1. The summed E-state index contributed by atoms with van der Waals surface area (Å²) >= 11 is 0. The van der Waals surface area contributed by atoms with E-state index in [9.17, 15) is 23.1 Å². The van der Waals surface area contributed by atoms with Crippen LogP contribution in [0.15, 0.2) is 18.3 Å². The number of pyridine rings is 1. The van der Waals surface area contributed by atoms with Gasteiger partial charge in [-0.2, -0.15) is 13.2 Å². The average molecular weight is 291 g/mol. The van der Waals surface area contributed by atoms with E-state index in [2.05, 4.69) is 10.3 Å². The number of carbonyl (C=O) groups is 1. The van der Waals surface area contributed by atoms with Gasteiger partial charge in [0.25, 0.3) is 0 Å². The second-order valence-corrected chi connectivity index (χ2v) is 3.92. The lowest BCUT2D eigenvalue weighted by atomic mass is 10.2. The van der Waals surface area contributed by atoms with E-state index < -0.39 is 30.0 Å². The molecule has 2 heterocycles. The Morgan fingerprint density at radius 3 is 2.45 bits per heavy atom. The molecule has 5 nitrogen and oxygen atoms in total. The lowest BCUT2D eigenvalue weighted by molar-refractivity contribution is -0.137. The molecule has 2 N–H and O–H groups in total. The molecule has 1 aliphatic heterocycles. The van der Waals surface area contributed by atoms with E-state index in [1.54, 1.807) is 0 Å². The molecule has 0 spiro atoms. The molecule has 1 aromatic rings. The number of amides is 2. The molecule has 1 saturated heterocycles. The number of halogens is 3. The van der Waals surface area contributed by atoms with Gasteiger partial charge in [-0.25, -0.2) is 14.7 Å². The highest BCUT2D eigenvalue weighted by Gasteiger charge is 2.38. The number of urea groups is 1. The lowest BCUT2D eigenvalue weighted by Gasteiger charge is -2.19. The quantitative estimate of drug-likeness (QED) is 0.835. The standard InChI is InChI=1S/C10H10F3N3O2.C2H6/c1-5-8(17)16(9(18)15-5)7-4-6(2-3-14-7)10(11,12)13;1-2/h2-5,8,17H,1H3,(H,15,18);1-2H3. The SMILES string of the molecule is CC.CC1NC(=O)N(c2cc(C(F)(F)F)ccn2)C1O. The zero-order chi connectivity index (χ0) is 15.5. The first-order valence-electron chi connectivity index (χ1n) is 6.12. The number of carbonyl (C=O) groups excluding carboxylic acids is 1. The molecule has 8 heteroatoms. The van der Waals surface area contributed by atoms with Crippen LogP contribution in [0.2, 0.25) is 0 Å². The topological polar surface area (TPSA) is 65.5 Å². The van der Waals surface area contributed by atoms with Gasteiger partial charge in [-0.15, -0.1) is 0 Å². The third-order valence-electron chi connectivity index (χ3n) is 2.60. The van der Waals surface area contributed by atoms with Gasteiger partial charge >= 0.3 is 12.2 Å². The molecule has 2 unspecified atom stereocenters. The highest BCUT2D eigenvalue weighted by atomic mass is 19.4. The van der Waals surface area contributed by atoms with Crippen LogP contribution in [0, 0.1) is 0 Å². The van der Waals surface area contributed by atoms with E-state index in [1.165, 1.54) is 6.92 Å². The number of anilines is 1. The molecule has 0 aliphatic carbocycles. The molecule has 0 radical (unpaired) electrons. The molecule has 0 aromatic carbocycles. The zero-order valence-corrected chi connectivity index (χ0v) is 11.3. The summed E-state index contributed by atoms with van der Waals surface area (Å²) in [6, 6.07) is 0.268. The maximum Gasteiger partial charge on any atom is 0.416 e. The first kappa shape index (κ1) is 16.2. The molecule has 2 amide bonds. The van der Waals surface area contributed by atoms with E-state index in [0.717, 1.165) is 23.2 Å². The van der Waals surface area contributed by atoms with Crippen molar-refractivity contribution in [3.63, 3.8) is 0 Å². The van der Waals surface area contributed by atoms with Crippen LogP contribution in [-0.2, 0) is 6.18 Å². The van der Waals surface area contributed by atoms with Crippen molar-refractivity contribution in [3.8, 4) is 0 Å². The molecule has 0 saturated carbocycles. The first-order chi connectivity index (χ1) is 9.30. The fraction of sp³-hybridized carbons (Fsp3) is 0.500. The van der Waals surface area contributed by atoms with E-state index >= 15 is 0 Å². The number of nitrogens with one attached hydrogen (secondary N) is 1. The number of hydrogen-bond donors (Lipinski definition) is 2. The number of aliphatic hydroxyl groups is 1. The van der Waals surface area contributed by atoms with Crippen LogP contribution in [0.1, 0.15) is 26.3 Å². The molecule has 1 aliphatic rings. The summed E-state index contributed by atoms with van der Waals surface area (Å²) in [6.07, 6.45) is -4.82. The van der Waals surface area contributed by atoms with Gasteiger partial charge in [-0.1, -0.05) is 13.8 Å². The van der Waals surface area contributed by atoms with Crippen molar-refractivity contribution in [3.05, 3.63) is 23.9 Å². The Kier molecular flexibility index (Phi) is 4.93. The fourth-order valence-corrected chi connectivity index (χ4v) is 1.65. The van der Waals surface area contributed by atoms with Crippen molar-refractivity contribution >= 4 is 11.8 Å². The Morgan fingerprint density at radius 2 is 2.00 bits per heavy atom. The second-order valence-electron chi connectivity index (χ2n) is 3.92. The predicted octanol–water partition coefficient (Wildman–Crippen LogP) is 2.36. The summed E-state index contributed by atoms with van der Waals surface area (Å²) in [5.74, 6) is -0.237. The smallest absolute Gasteiger partial charge is 0.371 e. The Labute approximate surface area is 114 Å². The zero-order valence-electron chi connectivity index (χ0n) is 11.3. The average Bonchev–Trinajstić information content (AvgIpc) is 2.65. The predicted molar refractivity (Wildman–Crippen MR) is 67.1 cm³/mol. The van der Waals surface area contributed by atoms with Crippen molar-refractivity contribution in [1.82, 2.24) is 10.3 Å². The van der Waals surface area contributed by atoms with Gasteiger partial charge in [0.2, 0.25) is 0 Å². The van der Waals surface area contributed by atoms with Crippen molar-refractivity contribution in [2.45, 2.75) is 39.2 Å². The summed E-state index contributed by atoms with van der Waals surface area (Å²) < 4.78 is 37.5. The third-order valence-corrected chi connectivity index (χ3v) is 2.60. The number of nitrogens with zero attached hydrogens (tertiary/aromatic N) is 2. The van der Waals surface area contributed by atoms with Gasteiger partial charge in [0.15, 0.2) is 6.23 Å². The monoisotopic (exact) mass is 291 g/mol. The van der Waals surface area contributed by atoms with Crippen LogP contribution in [0.25, 0.3) is 0 Å². The molecule has 112 valence electrons. The minimum atomic E-state index is -4.52. The van der Waals surface area contributed by atoms with E-state index in [0.29, 0.717) is 0 Å². The number of aromatic nitrogens is 1. The van der Waals surface area contributed by atoms with Crippen LogP contribution < -0.4 is 10.2 Å². The van der Waals surface area contributed by atoms with Gasteiger partial charge in [0.05, 0.1) is 11.6 Å². The van der Waals surface area contributed by atoms with Crippen molar-refractivity contribution in [2.75, 3.05) is 4.90 Å². The molecular weight excluding hydrogens is 275 g/mol.